The minimum atomic E-state index is -0.0764. The number of amides is 1. The summed E-state index contributed by atoms with van der Waals surface area (Å²) in [5.74, 6) is 0.125. The number of benzene rings is 1. The SMILES string of the molecule is [N-]=[N+]=NCCC(=O)c1ccc(NC(=O)C2CC2)cc1. The van der Waals surface area contributed by atoms with Crippen LogP contribution in [0.4, 0.5) is 5.69 Å². The van der Waals surface area contributed by atoms with Gasteiger partial charge in [-0.1, -0.05) is 5.11 Å². The fourth-order valence-corrected chi connectivity index (χ4v) is 1.67. The van der Waals surface area contributed by atoms with Crippen LogP contribution >= 0.6 is 0 Å². The first-order chi connectivity index (χ1) is 9.20. The summed E-state index contributed by atoms with van der Waals surface area (Å²) < 4.78 is 0. The standard InChI is InChI=1S/C13H14N4O2/c14-17-15-8-7-12(18)9-3-5-11(6-4-9)16-13(19)10-1-2-10/h3-6,10H,1-2,7-8H2,(H,16,19). The van der Waals surface area contributed by atoms with E-state index in [1.165, 1.54) is 0 Å². The minimum Gasteiger partial charge on any atom is -0.326 e. The Morgan fingerprint density at radius 3 is 2.58 bits per heavy atom. The van der Waals surface area contributed by atoms with Crippen LogP contribution < -0.4 is 5.32 Å². The van der Waals surface area contributed by atoms with Gasteiger partial charge < -0.3 is 5.32 Å². The summed E-state index contributed by atoms with van der Waals surface area (Å²) in [5, 5.41) is 6.13. The Labute approximate surface area is 110 Å². The number of hydrogen-bond donors (Lipinski definition) is 1. The molecular weight excluding hydrogens is 244 g/mol. The third kappa shape index (κ3) is 3.82. The maximum absolute atomic E-state index is 11.7. The van der Waals surface area contributed by atoms with E-state index in [4.69, 9.17) is 5.53 Å². The summed E-state index contributed by atoms with van der Waals surface area (Å²) in [4.78, 5) is 25.8. The Morgan fingerprint density at radius 2 is 2.00 bits per heavy atom. The lowest BCUT2D eigenvalue weighted by atomic mass is 10.1. The van der Waals surface area contributed by atoms with Crippen molar-refractivity contribution in [3.8, 4) is 0 Å². The zero-order valence-electron chi connectivity index (χ0n) is 10.4. The van der Waals surface area contributed by atoms with Crippen LogP contribution in [0.2, 0.25) is 0 Å². The van der Waals surface area contributed by atoms with E-state index in [9.17, 15) is 9.59 Å². The van der Waals surface area contributed by atoms with E-state index in [0.717, 1.165) is 12.8 Å². The Morgan fingerprint density at radius 1 is 1.32 bits per heavy atom. The molecular formula is C13H14N4O2. The molecule has 98 valence electrons. The van der Waals surface area contributed by atoms with Crippen molar-refractivity contribution in [2.45, 2.75) is 19.3 Å². The summed E-state index contributed by atoms with van der Waals surface area (Å²) in [6.07, 6.45) is 2.11. The predicted octanol–water partition coefficient (Wildman–Crippen LogP) is 2.92. The molecule has 0 heterocycles. The van der Waals surface area contributed by atoms with E-state index in [1.807, 2.05) is 0 Å². The van der Waals surface area contributed by atoms with E-state index < -0.39 is 0 Å². The number of azide groups is 1. The van der Waals surface area contributed by atoms with E-state index in [2.05, 4.69) is 15.3 Å². The summed E-state index contributed by atoms with van der Waals surface area (Å²) in [7, 11) is 0. The average molecular weight is 258 g/mol. The predicted molar refractivity (Wildman–Crippen MR) is 70.8 cm³/mol. The molecule has 0 saturated heterocycles. The van der Waals surface area contributed by atoms with Crippen LogP contribution in [-0.4, -0.2) is 18.2 Å². The van der Waals surface area contributed by atoms with Crippen molar-refractivity contribution in [1.29, 1.82) is 0 Å². The molecule has 0 aliphatic heterocycles. The second-order valence-corrected chi connectivity index (χ2v) is 4.47. The number of carbonyl (C=O) groups is 2. The minimum absolute atomic E-state index is 0.0439. The normalized spacial score (nSPS) is 13.5. The molecule has 1 aromatic carbocycles. The number of carbonyl (C=O) groups excluding carboxylic acids is 2. The fourth-order valence-electron chi connectivity index (χ4n) is 1.67. The van der Waals surface area contributed by atoms with Crippen molar-refractivity contribution in [3.05, 3.63) is 40.3 Å². The lowest BCUT2D eigenvalue weighted by Gasteiger charge is -2.05. The van der Waals surface area contributed by atoms with Crippen LogP contribution in [0.5, 0.6) is 0 Å². The number of anilines is 1. The molecule has 0 atom stereocenters. The highest BCUT2D eigenvalue weighted by Gasteiger charge is 2.29. The quantitative estimate of drug-likeness (QED) is 0.367. The van der Waals surface area contributed by atoms with Crippen molar-refractivity contribution in [2.75, 3.05) is 11.9 Å². The molecule has 0 bridgehead atoms. The molecule has 0 spiro atoms. The molecule has 1 fully saturated rings. The van der Waals surface area contributed by atoms with Gasteiger partial charge in [0.25, 0.3) is 0 Å². The molecule has 2 rings (SSSR count). The monoisotopic (exact) mass is 258 g/mol. The number of nitrogens with zero attached hydrogens (tertiary/aromatic N) is 3. The highest BCUT2D eigenvalue weighted by atomic mass is 16.2. The van der Waals surface area contributed by atoms with Gasteiger partial charge in [-0.05, 0) is 42.6 Å². The van der Waals surface area contributed by atoms with Gasteiger partial charge in [0.2, 0.25) is 5.91 Å². The van der Waals surface area contributed by atoms with Gasteiger partial charge in [0.15, 0.2) is 5.78 Å². The molecule has 19 heavy (non-hydrogen) atoms. The van der Waals surface area contributed by atoms with Gasteiger partial charge in [0.1, 0.15) is 0 Å². The first-order valence-corrected chi connectivity index (χ1v) is 6.15. The first kappa shape index (κ1) is 13.1. The summed E-state index contributed by atoms with van der Waals surface area (Å²) in [6, 6.07) is 6.75. The third-order valence-electron chi connectivity index (χ3n) is 2.92. The lowest BCUT2D eigenvalue weighted by molar-refractivity contribution is -0.117. The molecule has 6 heteroatoms. The summed E-state index contributed by atoms with van der Waals surface area (Å²) in [5.41, 5.74) is 9.38. The van der Waals surface area contributed by atoms with Gasteiger partial charge in [0, 0.05) is 35.0 Å². The molecule has 1 N–H and O–H groups in total. The Hall–Kier alpha value is -2.33. The van der Waals surface area contributed by atoms with Crippen LogP contribution in [0.3, 0.4) is 0 Å². The molecule has 1 aliphatic carbocycles. The van der Waals surface area contributed by atoms with Gasteiger partial charge in [-0.25, -0.2) is 0 Å². The molecule has 1 saturated carbocycles. The van der Waals surface area contributed by atoms with Gasteiger partial charge in [-0.3, -0.25) is 9.59 Å². The maximum Gasteiger partial charge on any atom is 0.227 e. The van der Waals surface area contributed by atoms with Crippen molar-refractivity contribution < 1.29 is 9.59 Å². The molecule has 0 aromatic heterocycles. The van der Waals surface area contributed by atoms with Gasteiger partial charge >= 0.3 is 0 Å². The number of Topliss-reactive ketones (excluding diaryl/α,β-unsaturated/α-hetero) is 1. The van der Waals surface area contributed by atoms with Crippen molar-refractivity contribution >= 4 is 17.4 Å². The van der Waals surface area contributed by atoms with E-state index in [-0.39, 0.29) is 30.6 Å². The van der Waals surface area contributed by atoms with Crippen LogP contribution in [-0.2, 0) is 4.79 Å². The van der Waals surface area contributed by atoms with Gasteiger partial charge in [0.05, 0.1) is 0 Å². The third-order valence-corrected chi connectivity index (χ3v) is 2.92. The zero-order chi connectivity index (χ0) is 13.7. The second-order valence-electron chi connectivity index (χ2n) is 4.47. The molecule has 6 nitrogen and oxygen atoms in total. The van der Waals surface area contributed by atoms with Gasteiger partial charge in [-0.15, -0.1) is 0 Å². The number of ketones is 1. The topological polar surface area (TPSA) is 94.9 Å². The van der Waals surface area contributed by atoms with E-state index in [0.29, 0.717) is 11.3 Å². The van der Waals surface area contributed by atoms with Crippen molar-refractivity contribution in [2.24, 2.45) is 11.0 Å². The van der Waals surface area contributed by atoms with Crippen molar-refractivity contribution in [3.63, 3.8) is 0 Å². The number of nitrogens with one attached hydrogen (secondary N) is 1. The van der Waals surface area contributed by atoms with Crippen LogP contribution in [0.25, 0.3) is 10.4 Å². The second kappa shape index (κ2) is 6.02. The molecule has 0 unspecified atom stereocenters. The Bertz CT molecular complexity index is 528. The van der Waals surface area contributed by atoms with Gasteiger partial charge in [-0.2, -0.15) is 0 Å². The summed E-state index contributed by atoms with van der Waals surface area (Å²) in [6.45, 7) is 0.162. The number of hydrogen-bond acceptors (Lipinski definition) is 3. The van der Waals surface area contributed by atoms with E-state index in [1.54, 1.807) is 24.3 Å². The average Bonchev–Trinajstić information content (AvgIpc) is 3.24. The highest BCUT2D eigenvalue weighted by molar-refractivity contribution is 5.97. The zero-order valence-corrected chi connectivity index (χ0v) is 10.4. The first-order valence-electron chi connectivity index (χ1n) is 6.15. The molecule has 0 radical (unpaired) electrons. The van der Waals surface area contributed by atoms with Crippen molar-refractivity contribution in [1.82, 2.24) is 0 Å². The number of rotatable bonds is 6. The molecule has 1 aliphatic rings. The highest BCUT2D eigenvalue weighted by Crippen LogP contribution is 2.30. The van der Waals surface area contributed by atoms with Crippen LogP contribution in [0.15, 0.2) is 29.4 Å². The molecule has 1 aromatic rings. The maximum atomic E-state index is 11.7. The largest absolute Gasteiger partial charge is 0.326 e. The summed E-state index contributed by atoms with van der Waals surface area (Å²) >= 11 is 0. The van der Waals surface area contributed by atoms with Crippen LogP contribution in [0.1, 0.15) is 29.6 Å². The van der Waals surface area contributed by atoms with Crippen LogP contribution in [0, 0.1) is 5.92 Å². The lowest BCUT2D eigenvalue weighted by Crippen LogP contribution is -2.13. The Balaban J connectivity index is 1.91. The molecule has 1 amide bonds. The Kier molecular flexibility index (Phi) is 4.15. The van der Waals surface area contributed by atoms with E-state index >= 15 is 0 Å². The fraction of sp³-hybridized carbons (Fsp3) is 0.385. The smallest absolute Gasteiger partial charge is 0.227 e.